The Morgan fingerprint density at radius 2 is 1.76 bits per heavy atom. The number of carbonyl (C=O) groups is 2. The van der Waals surface area contributed by atoms with Crippen LogP contribution in [0.4, 0.5) is 0 Å². The molecule has 25 heavy (non-hydrogen) atoms. The van der Waals surface area contributed by atoms with Gasteiger partial charge in [-0.25, -0.2) is 0 Å². The third-order valence-electron chi connectivity index (χ3n) is 4.14. The number of halogens is 2. The summed E-state index contributed by atoms with van der Waals surface area (Å²) < 4.78 is 5.66. The molecule has 0 unspecified atom stereocenters. The lowest BCUT2D eigenvalue weighted by Crippen LogP contribution is -2.40. The molecule has 0 bridgehead atoms. The van der Waals surface area contributed by atoms with Crippen LogP contribution in [0.5, 0.6) is 0 Å². The van der Waals surface area contributed by atoms with Crippen LogP contribution >= 0.6 is 23.2 Å². The Morgan fingerprint density at radius 1 is 1.20 bits per heavy atom. The van der Waals surface area contributed by atoms with Crippen LogP contribution in [-0.4, -0.2) is 17.4 Å². The van der Waals surface area contributed by atoms with E-state index in [1.807, 2.05) is 6.92 Å². The first-order valence-electron chi connectivity index (χ1n) is 8.02. The molecule has 0 radical (unpaired) electrons. The van der Waals surface area contributed by atoms with Gasteiger partial charge in [-0.1, -0.05) is 23.2 Å². The van der Waals surface area contributed by atoms with Crippen LogP contribution in [0, 0.1) is 19.3 Å². The number of esters is 1. The Balaban J connectivity index is 2.74. The van der Waals surface area contributed by atoms with Gasteiger partial charge in [-0.15, -0.1) is 0 Å². The molecule has 1 aliphatic rings. The molecular formula is C19H23Cl2NO3. The second kappa shape index (κ2) is 6.33. The van der Waals surface area contributed by atoms with Gasteiger partial charge in [-0.05, 0) is 65.7 Å². The van der Waals surface area contributed by atoms with E-state index in [4.69, 9.17) is 27.9 Å². The quantitative estimate of drug-likeness (QED) is 0.744. The number of nitrogens with one attached hydrogen (secondary N) is 1. The van der Waals surface area contributed by atoms with Crippen LogP contribution in [0.3, 0.4) is 0 Å². The summed E-state index contributed by atoms with van der Waals surface area (Å²) in [5, 5.41) is 3.77. The van der Waals surface area contributed by atoms with Crippen LogP contribution in [0.25, 0.3) is 5.57 Å². The monoisotopic (exact) mass is 383 g/mol. The number of carbonyl (C=O) groups excluding carboxylic acids is 2. The molecule has 6 heteroatoms. The molecule has 2 rings (SSSR count). The van der Waals surface area contributed by atoms with E-state index in [1.165, 1.54) is 0 Å². The van der Waals surface area contributed by atoms with Crippen LogP contribution in [0.1, 0.15) is 51.3 Å². The molecular weight excluding hydrogens is 361 g/mol. The highest BCUT2D eigenvalue weighted by atomic mass is 35.5. The van der Waals surface area contributed by atoms with Gasteiger partial charge >= 0.3 is 5.97 Å². The molecule has 4 nitrogen and oxygen atoms in total. The predicted octanol–water partition coefficient (Wildman–Crippen LogP) is 4.82. The largest absolute Gasteiger partial charge is 0.427 e. The van der Waals surface area contributed by atoms with Crippen molar-refractivity contribution in [3.63, 3.8) is 0 Å². The van der Waals surface area contributed by atoms with Crippen molar-refractivity contribution in [1.29, 1.82) is 0 Å². The third kappa shape index (κ3) is 3.56. The minimum absolute atomic E-state index is 0.256. The van der Waals surface area contributed by atoms with Crippen LogP contribution in [0.2, 0.25) is 10.0 Å². The van der Waals surface area contributed by atoms with Crippen molar-refractivity contribution in [3.8, 4) is 0 Å². The van der Waals surface area contributed by atoms with Gasteiger partial charge < -0.3 is 10.1 Å². The predicted molar refractivity (Wildman–Crippen MR) is 101 cm³/mol. The van der Waals surface area contributed by atoms with Crippen molar-refractivity contribution >= 4 is 40.7 Å². The maximum Gasteiger partial charge on any atom is 0.316 e. The highest BCUT2D eigenvalue weighted by Gasteiger charge is 2.43. The van der Waals surface area contributed by atoms with E-state index < -0.39 is 16.9 Å². The minimum atomic E-state index is -0.833. The van der Waals surface area contributed by atoms with Gasteiger partial charge in [0, 0.05) is 15.6 Å². The van der Waals surface area contributed by atoms with E-state index in [1.54, 1.807) is 47.6 Å². The summed E-state index contributed by atoms with van der Waals surface area (Å²) in [5.74, 6) is -0.495. The number of ether oxygens (including phenoxy) is 1. The molecule has 1 aromatic carbocycles. The summed E-state index contributed by atoms with van der Waals surface area (Å²) in [6.07, 6.45) is 0. The highest BCUT2D eigenvalue weighted by Crippen LogP contribution is 2.41. The number of rotatable bonds is 2. The first-order valence-corrected chi connectivity index (χ1v) is 8.78. The van der Waals surface area contributed by atoms with Gasteiger partial charge in [0.05, 0.1) is 16.5 Å². The fourth-order valence-corrected chi connectivity index (χ4v) is 3.24. The SMILES string of the molecule is Cc1cc(Cl)c(C2=C(OC(=O)C(C)(C)C)C(C)(C)NC2=O)c(C)c1Cl. The second-order valence-corrected chi connectivity index (χ2v) is 8.70. The summed E-state index contributed by atoms with van der Waals surface area (Å²) in [4.78, 5) is 25.1. The lowest BCUT2D eigenvalue weighted by Gasteiger charge is -2.25. The standard InChI is InChI=1S/C19H23Cl2NO3/c1-9-8-11(20)12(10(2)14(9)21)13-15(19(6,7)22-16(13)23)25-17(24)18(3,4)5/h8H,1-7H3,(H,22,23). The highest BCUT2D eigenvalue weighted by molar-refractivity contribution is 6.38. The number of aryl methyl sites for hydroxylation is 1. The van der Waals surface area contributed by atoms with Gasteiger partial charge in [0.25, 0.3) is 5.91 Å². The van der Waals surface area contributed by atoms with Gasteiger partial charge in [0.1, 0.15) is 5.76 Å². The molecule has 0 atom stereocenters. The number of hydrogen-bond donors (Lipinski definition) is 1. The summed E-state index contributed by atoms with van der Waals surface area (Å²) in [5.41, 5.74) is 0.714. The average Bonchev–Trinajstić information content (AvgIpc) is 2.66. The van der Waals surface area contributed by atoms with Gasteiger partial charge in [0.15, 0.2) is 0 Å². The average molecular weight is 384 g/mol. The summed E-state index contributed by atoms with van der Waals surface area (Å²) >= 11 is 12.8. The Labute approximate surface area is 158 Å². The maximum atomic E-state index is 12.7. The maximum absolute atomic E-state index is 12.7. The summed E-state index contributed by atoms with van der Waals surface area (Å²) in [7, 11) is 0. The fourth-order valence-electron chi connectivity index (χ4n) is 2.69. The van der Waals surface area contributed by atoms with Crippen LogP contribution in [0.15, 0.2) is 11.8 Å². The van der Waals surface area contributed by atoms with Gasteiger partial charge in [0.2, 0.25) is 0 Å². The van der Waals surface area contributed by atoms with E-state index in [9.17, 15) is 9.59 Å². The molecule has 0 aromatic heterocycles. The Hall–Kier alpha value is -1.52. The third-order valence-corrected chi connectivity index (χ3v) is 5.02. The number of amides is 1. The molecule has 1 aromatic rings. The first-order chi connectivity index (χ1) is 11.3. The van der Waals surface area contributed by atoms with Crippen molar-refractivity contribution in [2.24, 2.45) is 5.41 Å². The smallest absolute Gasteiger partial charge is 0.316 e. The summed E-state index contributed by atoms with van der Waals surface area (Å²) in [6, 6.07) is 1.71. The van der Waals surface area contributed by atoms with Gasteiger partial charge in [-0.3, -0.25) is 9.59 Å². The molecule has 136 valence electrons. The van der Waals surface area contributed by atoms with E-state index in [0.29, 0.717) is 21.2 Å². The van der Waals surface area contributed by atoms with Crippen molar-refractivity contribution in [1.82, 2.24) is 5.32 Å². The molecule has 0 aliphatic carbocycles. The molecule has 0 fully saturated rings. The molecule has 1 N–H and O–H groups in total. The normalized spacial score (nSPS) is 16.9. The number of hydrogen-bond acceptors (Lipinski definition) is 3. The lowest BCUT2D eigenvalue weighted by atomic mass is 9.94. The Kier molecular flexibility index (Phi) is 5.01. The summed E-state index contributed by atoms with van der Waals surface area (Å²) in [6.45, 7) is 12.5. The van der Waals surface area contributed by atoms with E-state index in [2.05, 4.69) is 5.32 Å². The van der Waals surface area contributed by atoms with Gasteiger partial charge in [-0.2, -0.15) is 0 Å². The second-order valence-electron chi connectivity index (χ2n) is 7.91. The molecule has 1 heterocycles. The van der Waals surface area contributed by atoms with Crippen molar-refractivity contribution in [3.05, 3.63) is 38.6 Å². The molecule has 1 aliphatic heterocycles. The zero-order valence-corrected chi connectivity index (χ0v) is 17.1. The van der Waals surface area contributed by atoms with E-state index in [-0.39, 0.29) is 17.2 Å². The molecule has 0 saturated carbocycles. The Bertz CT molecular complexity index is 802. The lowest BCUT2D eigenvalue weighted by molar-refractivity contribution is -0.149. The first kappa shape index (κ1) is 19.8. The molecule has 0 saturated heterocycles. The van der Waals surface area contributed by atoms with E-state index >= 15 is 0 Å². The van der Waals surface area contributed by atoms with Crippen LogP contribution in [-0.2, 0) is 14.3 Å². The topological polar surface area (TPSA) is 55.4 Å². The zero-order valence-electron chi connectivity index (χ0n) is 15.6. The van der Waals surface area contributed by atoms with Crippen LogP contribution < -0.4 is 5.32 Å². The van der Waals surface area contributed by atoms with Crippen molar-refractivity contribution in [2.75, 3.05) is 0 Å². The van der Waals surface area contributed by atoms with Crippen molar-refractivity contribution in [2.45, 2.75) is 54.0 Å². The van der Waals surface area contributed by atoms with Crippen molar-refractivity contribution < 1.29 is 14.3 Å². The fraction of sp³-hybridized carbons (Fsp3) is 0.474. The molecule has 1 amide bonds. The Morgan fingerprint density at radius 3 is 2.28 bits per heavy atom. The molecule has 0 spiro atoms. The minimum Gasteiger partial charge on any atom is -0.427 e. The van der Waals surface area contributed by atoms with E-state index in [0.717, 1.165) is 5.56 Å². The zero-order chi connectivity index (χ0) is 19.3. The number of benzene rings is 1.